The molecule has 2 aromatic rings. The van der Waals surface area contributed by atoms with E-state index in [2.05, 4.69) is 35.1 Å². The Morgan fingerprint density at radius 3 is 2.87 bits per heavy atom. The highest BCUT2D eigenvalue weighted by Crippen LogP contribution is 2.25. The first-order valence-electron chi connectivity index (χ1n) is 9.73. The quantitative estimate of drug-likeness (QED) is 0.306. The zero-order valence-corrected chi connectivity index (χ0v) is 19.8. The Hall–Kier alpha value is -1.69. The second-order valence-corrected chi connectivity index (χ2v) is 7.11. The molecular weight excluding hydrogens is 529 g/mol. The molecule has 2 heterocycles. The van der Waals surface area contributed by atoms with Crippen LogP contribution in [0.4, 0.5) is 8.78 Å². The standard InChI is InChI=1S/C19H25ClF2N6O.HI/c1-2-23-19(24-11-13-10-14(20)7-8-15(13)29-18(21)22)25-12-17-27-26-16-6-4-3-5-9-28(16)17;/h7-8,10,18H,2-6,9,11-12H2,1H3,(H2,23,24,25);1H. The minimum atomic E-state index is -2.91. The van der Waals surface area contributed by atoms with Crippen LogP contribution in [-0.2, 0) is 26.1 Å². The minimum Gasteiger partial charge on any atom is -0.434 e. The molecule has 7 nitrogen and oxygen atoms in total. The first-order chi connectivity index (χ1) is 14.1. The van der Waals surface area contributed by atoms with E-state index in [1.807, 2.05) is 6.92 Å². The average Bonchev–Trinajstić information content (AvgIpc) is 2.91. The van der Waals surface area contributed by atoms with Gasteiger partial charge in [-0.1, -0.05) is 18.0 Å². The van der Waals surface area contributed by atoms with Crippen molar-refractivity contribution in [1.82, 2.24) is 25.4 Å². The van der Waals surface area contributed by atoms with Crippen molar-refractivity contribution in [1.29, 1.82) is 0 Å². The van der Waals surface area contributed by atoms with Gasteiger partial charge in [0.15, 0.2) is 11.8 Å². The van der Waals surface area contributed by atoms with Crippen LogP contribution in [0.25, 0.3) is 0 Å². The van der Waals surface area contributed by atoms with E-state index in [1.165, 1.54) is 18.6 Å². The first kappa shape index (κ1) is 24.6. The molecule has 1 aliphatic heterocycles. The van der Waals surface area contributed by atoms with Gasteiger partial charge in [-0.15, -0.1) is 34.2 Å². The van der Waals surface area contributed by atoms with Gasteiger partial charge in [-0.2, -0.15) is 8.78 Å². The molecule has 0 fully saturated rings. The van der Waals surface area contributed by atoms with E-state index in [0.29, 0.717) is 29.6 Å². The van der Waals surface area contributed by atoms with E-state index in [4.69, 9.17) is 11.6 Å². The third-order valence-electron chi connectivity index (χ3n) is 4.59. The summed E-state index contributed by atoms with van der Waals surface area (Å²) in [5.74, 6) is 2.49. The predicted octanol–water partition coefficient (Wildman–Crippen LogP) is 4.13. The number of aromatic nitrogens is 3. The summed E-state index contributed by atoms with van der Waals surface area (Å²) < 4.78 is 32.0. The zero-order valence-electron chi connectivity index (χ0n) is 16.7. The number of rotatable bonds is 7. The second kappa shape index (κ2) is 12.2. The van der Waals surface area contributed by atoms with Crippen LogP contribution in [0.2, 0.25) is 5.02 Å². The van der Waals surface area contributed by atoms with Gasteiger partial charge in [-0.3, -0.25) is 0 Å². The summed E-state index contributed by atoms with van der Waals surface area (Å²) >= 11 is 6.00. The zero-order chi connectivity index (χ0) is 20.6. The Kier molecular flexibility index (Phi) is 10.0. The average molecular weight is 555 g/mol. The number of hydrogen-bond donors (Lipinski definition) is 2. The van der Waals surface area contributed by atoms with E-state index in [9.17, 15) is 8.78 Å². The maximum Gasteiger partial charge on any atom is 0.387 e. The number of hydrogen-bond acceptors (Lipinski definition) is 4. The number of aryl methyl sites for hydroxylation is 1. The summed E-state index contributed by atoms with van der Waals surface area (Å²) in [7, 11) is 0. The van der Waals surface area contributed by atoms with Gasteiger partial charge in [0.1, 0.15) is 11.6 Å². The van der Waals surface area contributed by atoms with Crippen molar-refractivity contribution in [3.05, 3.63) is 40.4 Å². The molecule has 0 radical (unpaired) electrons. The third kappa shape index (κ3) is 6.93. The van der Waals surface area contributed by atoms with E-state index >= 15 is 0 Å². The van der Waals surface area contributed by atoms with E-state index in [-0.39, 0.29) is 36.3 Å². The van der Waals surface area contributed by atoms with Crippen LogP contribution in [-0.4, -0.2) is 33.9 Å². The Balaban J connectivity index is 0.00000320. The summed E-state index contributed by atoms with van der Waals surface area (Å²) in [6.45, 7) is 1.22. The molecule has 1 aromatic carbocycles. The van der Waals surface area contributed by atoms with Crippen molar-refractivity contribution < 1.29 is 13.5 Å². The monoisotopic (exact) mass is 554 g/mol. The van der Waals surface area contributed by atoms with Crippen LogP contribution < -0.4 is 15.4 Å². The summed E-state index contributed by atoms with van der Waals surface area (Å²) in [5.41, 5.74) is 0.478. The van der Waals surface area contributed by atoms with Crippen LogP contribution in [0.3, 0.4) is 0 Å². The number of nitrogens with zero attached hydrogens (tertiary/aromatic N) is 4. The highest BCUT2D eigenvalue weighted by Gasteiger charge is 2.15. The molecule has 3 rings (SSSR count). The molecule has 11 heteroatoms. The highest BCUT2D eigenvalue weighted by atomic mass is 127. The van der Waals surface area contributed by atoms with E-state index in [0.717, 1.165) is 37.5 Å². The lowest BCUT2D eigenvalue weighted by molar-refractivity contribution is -0.0504. The van der Waals surface area contributed by atoms with Gasteiger partial charge in [0.25, 0.3) is 0 Å². The summed E-state index contributed by atoms with van der Waals surface area (Å²) in [5, 5.41) is 15.4. The maximum atomic E-state index is 12.6. The second-order valence-electron chi connectivity index (χ2n) is 6.67. The number of ether oxygens (including phenoxy) is 1. The van der Waals surface area contributed by atoms with Crippen molar-refractivity contribution in [2.45, 2.75) is 58.9 Å². The lowest BCUT2D eigenvalue weighted by Gasteiger charge is -2.13. The van der Waals surface area contributed by atoms with Crippen molar-refractivity contribution >= 4 is 41.5 Å². The van der Waals surface area contributed by atoms with Gasteiger partial charge in [-0.25, -0.2) is 4.99 Å². The van der Waals surface area contributed by atoms with Crippen LogP contribution in [0.5, 0.6) is 5.75 Å². The molecule has 1 aromatic heterocycles. The van der Waals surface area contributed by atoms with Crippen LogP contribution in [0.1, 0.15) is 43.4 Å². The molecule has 0 unspecified atom stereocenters. The fourth-order valence-electron chi connectivity index (χ4n) is 3.23. The minimum absolute atomic E-state index is 0. The number of benzene rings is 1. The van der Waals surface area contributed by atoms with Crippen molar-refractivity contribution in [3.8, 4) is 5.75 Å². The van der Waals surface area contributed by atoms with Gasteiger partial charge in [0, 0.05) is 30.1 Å². The molecule has 0 saturated heterocycles. The molecular formula is C19H26ClF2IN6O. The van der Waals surface area contributed by atoms with Gasteiger partial charge >= 0.3 is 6.61 Å². The van der Waals surface area contributed by atoms with Gasteiger partial charge in [-0.05, 0) is 38.0 Å². The van der Waals surface area contributed by atoms with Gasteiger partial charge in [0.05, 0.1) is 13.1 Å². The lowest BCUT2D eigenvalue weighted by Crippen LogP contribution is -2.37. The highest BCUT2D eigenvalue weighted by molar-refractivity contribution is 14.0. The van der Waals surface area contributed by atoms with Crippen molar-refractivity contribution in [2.75, 3.05) is 6.54 Å². The summed E-state index contributed by atoms with van der Waals surface area (Å²) in [6.07, 6.45) is 4.40. The number of alkyl halides is 2. The molecule has 0 atom stereocenters. The number of halogens is 4. The molecule has 166 valence electrons. The molecule has 30 heavy (non-hydrogen) atoms. The fraction of sp³-hybridized carbons (Fsp3) is 0.526. The largest absolute Gasteiger partial charge is 0.434 e. The molecule has 0 amide bonds. The van der Waals surface area contributed by atoms with Crippen LogP contribution in [0, 0.1) is 0 Å². The van der Waals surface area contributed by atoms with Crippen molar-refractivity contribution in [2.24, 2.45) is 4.99 Å². The number of guanidine groups is 1. The fourth-order valence-corrected chi connectivity index (χ4v) is 3.42. The lowest BCUT2D eigenvalue weighted by atomic mass is 10.2. The van der Waals surface area contributed by atoms with Crippen LogP contribution >= 0.6 is 35.6 Å². The molecule has 0 bridgehead atoms. The third-order valence-corrected chi connectivity index (χ3v) is 4.83. The van der Waals surface area contributed by atoms with Crippen molar-refractivity contribution in [3.63, 3.8) is 0 Å². The Labute approximate surface area is 196 Å². The first-order valence-corrected chi connectivity index (χ1v) is 10.1. The Morgan fingerprint density at radius 2 is 2.10 bits per heavy atom. The Bertz CT molecular complexity index is 848. The number of aliphatic imine (C=N–C) groups is 1. The topological polar surface area (TPSA) is 76.4 Å². The van der Waals surface area contributed by atoms with Crippen LogP contribution in [0.15, 0.2) is 23.2 Å². The smallest absolute Gasteiger partial charge is 0.387 e. The molecule has 0 spiro atoms. The van der Waals surface area contributed by atoms with E-state index < -0.39 is 6.61 Å². The maximum absolute atomic E-state index is 12.6. The molecule has 0 saturated carbocycles. The van der Waals surface area contributed by atoms with Gasteiger partial charge < -0.3 is 19.9 Å². The summed E-state index contributed by atoms with van der Waals surface area (Å²) in [6, 6.07) is 4.50. The number of fused-ring (bicyclic) bond motifs is 1. The summed E-state index contributed by atoms with van der Waals surface area (Å²) in [4.78, 5) is 4.48. The van der Waals surface area contributed by atoms with E-state index in [1.54, 1.807) is 6.07 Å². The number of nitrogens with one attached hydrogen (secondary N) is 2. The Morgan fingerprint density at radius 1 is 1.27 bits per heavy atom. The van der Waals surface area contributed by atoms with Gasteiger partial charge in [0.2, 0.25) is 0 Å². The molecule has 2 N–H and O–H groups in total. The normalized spacial score (nSPS) is 14.0. The SMILES string of the molecule is CCNC(=NCc1cc(Cl)ccc1OC(F)F)NCc1nnc2n1CCCCC2.I. The molecule has 0 aliphatic carbocycles. The molecule has 1 aliphatic rings. The predicted molar refractivity (Wildman–Crippen MR) is 123 cm³/mol.